The van der Waals surface area contributed by atoms with Crippen LogP contribution in [0.1, 0.15) is 13.8 Å². The number of hydrogen-bond donors (Lipinski definition) is 0. The Hall–Kier alpha value is -1.79. The molecular weight excluding hydrogens is 530 g/mol. The van der Waals surface area contributed by atoms with Crippen molar-refractivity contribution in [2.24, 2.45) is 0 Å². The average molecular weight is 544 g/mol. The molecule has 0 aromatic carbocycles. The summed E-state index contributed by atoms with van der Waals surface area (Å²) in [5.74, 6) is -2.17. The van der Waals surface area contributed by atoms with Crippen molar-refractivity contribution in [2.75, 3.05) is 0 Å². The van der Waals surface area contributed by atoms with Crippen molar-refractivity contribution in [2.45, 2.75) is 13.8 Å². The van der Waals surface area contributed by atoms with Gasteiger partial charge in [0.1, 0.15) is 0 Å². The minimum Gasteiger partial charge on any atom is -2.00 e. The third-order valence-corrected chi connectivity index (χ3v) is 1.59. The van der Waals surface area contributed by atoms with Gasteiger partial charge in [-0.2, -0.15) is 0 Å². The normalized spacial score (nSPS) is 7.22. The third kappa shape index (κ3) is 20.2. The fourth-order valence-electron chi connectivity index (χ4n) is 1.03. The Morgan fingerprint density at radius 3 is 1.22 bits per heavy atom. The van der Waals surface area contributed by atoms with Crippen LogP contribution in [0, 0.1) is 31.1 Å². The number of carbonyl (C=O) groups excluding carboxylic acids is 2. The van der Waals surface area contributed by atoms with Gasteiger partial charge in [-0.05, 0) is 38.1 Å². The monoisotopic (exact) mass is 544 g/mol. The van der Waals surface area contributed by atoms with Gasteiger partial charge in [0.05, 0.1) is 11.4 Å². The Morgan fingerprint density at radius 1 is 0.783 bits per heavy atom. The van der Waals surface area contributed by atoms with E-state index in [4.69, 9.17) is 19.8 Å². The number of nitrogens with zero attached hydrogens (tertiary/aromatic N) is 2. The average Bonchev–Trinajstić information content (AvgIpc) is 2.39. The Kier molecular flexibility index (Phi) is 23.2. The van der Waals surface area contributed by atoms with E-state index in [2.05, 4.69) is 9.97 Å². The topological polar surface area (TPSA) is 163 Å². The molecule has 8 nitrogen and oxygen atoms in total. The molecular formula is C14H14N2O6U-6. The summed E-state index contributed by atoms with van der Waals surface area (Å²) in [6.45, 7) is 1.94. The van der Waals surface area contributed by atoms with Crippen LogP contribution in [0.25, 0.3) is 11.4 Å². The Morgan fingerprint density at radius 2 is 1.04 bits per heavy atom. The maximum absolute atomic E-state index is 8.89. The molecule has 0 unspecified atom stereocenters. The summed E-state index contributed by atoms with van der Waals surface area (Å²) in [7, 11) is 0. The van der Waals surface area contributed by atoms with Crippen molar-refractivity contribution in [3.05, 3.63) is 48.8 Å². The van der Waals surface area contributed by atoms with Gasteiger partial charge in [-0.25, -0.2) is 0 Å². The zero-order chi connectivity index (χ0) is 15.4. The number of pyridine rings is 2. The molecule has 9 heteroatoms. The van der Waals surface area contributed by atoms with Gasteiger partial charge in [-0.15, -0.1) is 0 Å². The molecule has 0 aliphatic heterocycles. The minimum atomic E-state index is -1.08. The predicted octanol–water partition coefficient (Wildman–Crippen LogP) is -0.582. The summed E-state index contributed by atoms with van der Waals surface area (Å²) in [6.07, 6.45) is 3.54. The van der Waals surface area contributed by atoms with Gasteiger partial charge in [-0.1, -0.05) is 12.1 Å². The van der Waals surface area contributed by atoms with Gasteiger partial charge in [0.15, 0.2) is 0 Å². The molecule has 126 valence electrons. The molecule has 0 aliphatic rings. The van der Waals surface area contributed by atoms with Crippen molar-refractivity contribution in [1.29, 1.82) is 0 Å². The fourth-order valence-corrected chi connectivity index (χ4v) is 1.03. The fraction of sp³-hybridized carbons (Fsp3) is 0.143. The molecule has 0 spiro atoms. The van der Waals surface area contributed by atoms with Gasteiger partial charge in [-0.3, -0.25) is 9.97 Å². The molecule has 0 bridgehead atoms. The van der Waals surface area contributed by atoms with E-state index >= 15 is 0 Å². The maximum atomic E-state index is 8.89. The van der Waals surface area contributed by atoms with Crippen LogP contribution in [0.3, 0.4) is 0 Å². The van der Waals surface area contributed by atoms with Crippen LogP contribution in [-0.2, 0) is 20.5 Å². The summed E-state index contributed by atoms with van der Waals surface area (Å²) in [5.41, 5.74) is 1.83. The van der Waals surface area contributed by atoms with Crippen molar-refractivity contribution in [1.82, 2.24) is 9.97 Å². The minimum absolute atomic E-state index is 0. The zero-order valence-corrected chi connectivity index (χ0v) is 16.6. The molecule has 0 fully saturated rings. The quantitative estimate of drug-likeness (QED) is 0.466. The van der Waals surface area contributed by atoms with Crippen LogP contribution in [0.5, 0.6) is 0 Å². The Balaban J connectivity index is -0.000000142. The van der Waals surface area contributed by atoms with E-state index in [1.54, 1.807) is 12.4 Å². The smallest absolute Gasteiger partial charge is 0.0886 e. The van der Waals surface area contributed by atoms with E-state index in [0.29, 0.717) is 0 Å². The molecule has 23 heavy (non-hydrogen) atoms. The molecule has 0 radical (unpaired) electrons. The van der Waals surface area contributed by atoms with Crippen molar-refractivity contribution in [3.63, 3.8) is 0 Å². The van der Waals surface area contributed by atoms with E-state index in [1.807, 2.05) is 36.4 Å². The van der Waals surface area contributed by atoms with Crippen molar-refractivity contribution in [3.8, 4) is 11.4 Å². The second-order valence-corrected chi connectivity index (χ2v) is 3.41. The third-order valence-electron chi connectivity index (χ3n) is 1.59. The van der Waals surface area contributed by atoms with E-state index in [9.17, 15) is 0 Å². The molecule has 0 aliphatic carbocycles. The van der Waals surface area contributed by atoms with Crippen LogP contribution < -0.4 is 10.2 Å². The number of carboxylic acid groups (broad SMARTS) is 2. The summed E-state index contributed by atoms with van der Waals surface area (Å²) in [5, 5.41) is 17.8. The first-order chi connectivity index (χ1) is 9.43. The van der Waals surface area contributed by atoms with Crippen LogP contribution in [0.15, 0.2) is 48.8 Å². The van der Waals surface area contributed by atoms with Crippen molar-refractivity contribution >= 4 is 11.9 Å². The first kappa shape index (κ1) is 29.3. The van der Waals surface area contributed by atoms with Crippen LogP contribution in [0.4, 0.5) is 0 Å². The largest absolute Gasteiger partial charge is 2.00 e. The number of carbonyl (C=O) groups is 2. The van der Waals surface area contributed by atoms with Gasteiger partial charge in [0, 0.05) is 55.4 Å². The van der Waals surface area contributed by atoms with Crippen LogP contribution in [0.2, 0.25) is 0 Å². The summed E-state index contributed by atoms with van der Waals surface area (Å²) < 4.78 is 0. The van der Waals surface area contributed by atoms with E-state index in [1.165, 1.54) is 0 Å². The SMILES string of the molecule is CC(=O)[O-].CC(=O)[O-].[O-2].[O-2].[U].c1ccc(-c2ccccn2)nc1. The number of aliphatic carboxylic acids is 2. The Bertz CT molecular complexity index is 468. The van der Waals surface area contributed by atoms with Crippen LogP contribution in [-0.4, -0.2) is 21.9 Å². The summed E-state index contributed by atoms with van der Waals surface area (Å²) in [6, 6.07) is 11.6. The number of aromatic nitrogens is 2. The second kappa shape index (κ2) is 18.3. The Labute approximate surface area is 157 Å². The van der Waals surface area contributed by atoms with E-state index < -0.39 is 11.9 Å². The molecule has 2 rings (SSSR count). The number of carboxylic acids is 2. The predicted molar refractivity (Wildman–Crippen MR) is 70.2 cm³/mol. The molecule has 0 amide bonds. The maximum Gasteiger partial charge on any atom is 0.0886 e. The van der Waals surface area contributed by atoms with Gasteiger partial charge in [0.25, 0.3) is 0 Å². The zero-order valence-electron chi connectivity index (χ0n) is 12.5. The molecule has 2 aromatic heterocycles. The van der Waals surface area contributed by atoms with Gasteiger partial charge in [0.2, 0.25) is 0 Å². The van der Waals surface area contributed by atoms with E-state index in [-0.39, 0.29) is 42.1 Å². The molecule has 2 aromatic rings. The molecule has 2 heterocycles. The van der Waals surface area contributed by atoms with Crippen LogP contribution >= 0.6 is 0 Å². The molecule has 0 saturated carbocycles. The first-order valence-corrected chi connectivity index (χ1v) is 5.61. The van der Waals surface area contributed by atoms with Gasteiger partial charge < -0.3 is 30.8 Å². The first-order valence-electron chi connectivity index (χ1n) is 5.61. The van der Waals surface area contributed by atoms with Crippen molar-refractivity contribution < 1.29 is 61.9 Å². The second-order valence-electron chi connectivity index (χ2n) is 3.41. The molecule has 0 saturated heterocycles. The summed E-state index contributed by atoms with van der Waals surface area (Å²) in [4.78, 5) is 26.2. The molecule has 0 atom stereocenters. The number of rotatable bonds is 1. The summed E-state index contributed by atoms with van der Waals surface area (Å²) >= 11 is 0. The van der Waals surface area contributed by atoms with E-state index in [0.717, 1.165) is 25.2 Å². The standard InChI is InChI=1S/C10H8N2.2C2H4O2.2O.U/c1-3-7-11-9(5-1)10-6-2-4-8-12-10;2*1-2(3)4;;;/h1-8H;2*1H3,(H,3,4);;;/q;;;2*-2;/p-2. The molecule has 0 N–H and O–H groups in total. The number of hydrogen-bond acceptors (Lipinski definition) is 6. The van der Waals surface area contributed by atoms with Gasteiger partial charge >= 0.3 is 0 Å².